The summed E-state index contributed by atoms with van der Waals surface area (Å²) >= 11 is 0. The van der Waals surface area contributed by atoms with E-state index in [0.717, 1.165) is 0 Å². The quantitative estimate of drug-likeness (QED) is 0.0450. The van der Waals surface area contributed by atoms with Gasteiger partial charge in [-0.05, 0) is 38.5 Å². The summed E-state index contributed by atoms with van der Waals surface area (Å²) in [7, 11) is 0. The Labute approximate surface area is 254 Å². The lowest BCUT2D eigenvalue weighted by Crippen LogP contribution is -2.50. The fourth-order valence-electron chi connectivity index (χ4n) is 6.73. The number of unbranched alkanes of at least 4 members (excludes halogenated alkanes) is 23. The third-order valence-electron chi connectivity index (χ3n) is 9.46. The minimum Gasteiger partial charge on any atom is -0.209 e. The molecule has 0 spiro atoms. The summed E-state index contributed by atoms with van der Waals surface area (Å²) in [6.07, 6.45) is 44.7. The van der Waals surface area contributed by atoms with Crippen LogP contribution in [0.1, 0.15) is 207 Å². The Morgan fingerprint density at radius 3 is 1.20 bits per heavy atom. The van der Waals surface area contributed by atoms with Crippen LogP contribution in [0.3, 0.4) is 0 Å². The Morgan fingerprint density at radius 1 is 0.425 bits per heavy atom. The molecule has 0 aliphatic carbocycles. The molecule has 0 N–H and O–H groups in total. The van der Waals surface area contributed by atoms with Crippen molar-refractivity contribution in [2.24, 2.45) is 0 Å². The maximum Gasteiger partial charge on any atom is 0.348 e. The molecular formula is C38H76N2+2. The van der Waals surface area contributed by atoms with Crippen LogP contribution in [-0.2, 0) is 0 Å². The fraction of sp³-hybridized carbons (Fsp3) is 0.921. The maximum absolute atomic E-state index is 2.75. The molecule has 0 aromatic carbocycles. The molecule has 0 bridgehead atoms. The lowest BCUT2D eigenvalue weighted by atomic mass is 10.0. The molecule has 0 radical (unpaired) electrons. The average molecular weight is 561 g/mol. The number of rotatable bonds is 31. The Kier molecular flexibility index (Phi) is 25.4. The van der Waals surface area contributed by atoms with E-state index in [1.54, 1.807) is 5.84 Å². The van der Waals surface area contributed by atoms with Crippen LogP contribution in [0.15, 0.2) is 12.4 Å². The topological polar surface area (TPSA) is 3.01 Å². The molecular weight excluding hydrogens is 484 g/mol. The van der Waals surface area contributed by atoms with Gasteiger partial charge in [0, 0.05) is 6.42 Å². The van der Waals surface area contributed by atoms with E-state index in [1.807, 2.05) is 0 Å². The van der Waals surface area contributed by atoms with Gasteiger partial charge in [-0.1, -0.05) is 156 Å². The SMILES string of the molecule is CCCCCCCCCCC1=[N+](CCCCCCCCCC)C=C[N+]1(CCCCCCC)CCCCCCCC. The highest BCUT2D eigenvalue weighted by atomic mass is 15.4. The van der Waals surface area contributed by atoms with Crippen molar-refractivity contribution in [2.45, 2.75) is 207 Å². The van der Waals surface area contributed by atoms with Crippen LogP contribution in [0.4, 0.5) is 0 Å². The molecule has 0 aromatic heterocycles. The first-order valence-electron chi connectivity index (χ1n) is 18.9. The van der Waals surface area contributed by atoms with Crippen LogP contribution < -0.4 is 0 Å². The third-order valence-corrected chi connectivity index (χ3v) is 9.46. The summed E-state index contributed by atoms with van der Waals surface area (Å²) in [6, 6.07) is 0. The van der Waals surface area contributed by atoms with Crippen molar-refractivity contribution in [1.82, 2.24) is 0 Å². The van der Waals surface area contributed by atoms with Crippen LogP contribution in [-0.4, -0.2) is 34.5 Å². The van der Waals surface area contributed by atoms with E-state index in [9.17, 15) is 0 Å². The highest BCUT2D eigenvalue weighted by Gasteiger charge is 2.42. The summed E-state index contributed by atoms with van der Waals surface area (Å²) in [5.41, 5.74) is 0. The van der Waals surface area contributed by atoms with E-state index in [0.29, 0.717) is 0 Å². The van der Waals surface area contributed by atoms with Crippen LogP contribution in [0, 0.1) is 0 Å². The van der Waals surface area contributed by atoms with Crippen molar-refractivity contribution < 1.29 is 9.06 Å². The number of amidine groups is 1. The first-order chi connectivity index (χ1) is 19.7. The number of hydrogen-bond donors (Lipinski definition) is 0. The highest BCUT2D eigenvalue weighted by Crippen LogP contribution is 2.25. The zero-order valence-electron chi connectivity index (χ0n) is 28.5. The Morgan fingerprint density at radius 2 is 0.775 bits per heavy atom. The molecule has 0 saturated carbocycles. The number of quaternary nitrogens is 1. The zero-order valence-corrected chi connectivity index (χ0v) is 28.5. The Bertz CT molecular complexity index is 607. The first kappa shape index (κ1) is 37.4. The molecule has 40 heavy (non-hydrogen) atoms. The van der Waals surface area contributed by atoms with Crippen molar-refractivity contribution in [3.8, 4) is 0 Å². The number of hydrogen-bond acceptors (Lipinski definition) is 0. The minimum absolute atomic E-state index is 1.20. The van der Waals surface area contributed by atoms with Gasteiger partial charge in [0.05, 0.1) is 19.5 Å². The number of nitrogens with zero attached hydrogens (tertiary/aromatic N) is 2. The summed E-state index contributed by atoms with van der Waals surface area (Å²) in [5.74, 6) is 1.78. The van der Waals surface area contributed by atoms with Crippen molar-refractivity contribution >= 4 is 5.84 Å². The van der Waals surface area contributed by atoms with E-state index in [1.165, 1.54) is 204 Å². The molecule has 0 amide bonds. The summed E-state index contributed by atoms with van der Waals surface area (Å²) in [5, 5.41) is 0. The Hall–Kier alpha value is -0.630. The Balaban J connectivity index is 2.77. The second-order valence-corrected chi connectivity index (χ2v) is 13.3. The molecule has 2 heteroatoms. The van der Waals surface area contributed by atoms with E-state index < -0.39 is 0 Å². The first-order valence-corrected chi connectivity index (χ1v) is 18.9. The van der Waals surface area contributed by atoms with Gasteiger partial charge in [-0.2, -0.15) is 4.58 Å². The smallest absolute Gasteiger partial charge is 0.209 e. The predicted molar refractivity (Wildman–Crippen MR) is 181 cm³/mol. The fourth-order valence-corrected chi connectivity index (χ4v) is 6.73. The second-order valence-electron chi connectivity index (χ2n) is 13.3. The van der Waals surface area contributed by atoms with Gasteiger partial charge in [0.1, 0.15) is 0 Å². The van der Waals surface area contributed by atoms with Crippen LogP contribution in [0.5, 0.6) is 0 Å². The summed E-state index contributed by atoms with van der Waals surface area (Å²) < 4.78 is 3.95. The molecule has 1 atom stereocenters. The lowest BCUT2D eigenvalue weighted by Gasteiger charge is -2.29. The van der Waals surface area contributed by atoms with Crippen molar-refractivity contribution in [3.63, 3.8) is 0 Å². The standard InChI is InChI=1S/C38H76N2/c1-5-9-13-17-20-22-24-28-32-38-39(33-29-25-23-21-18-14-10-6-2)34-37-40(38,35-30-26-16-12-8-4)36-31-27-19-15-11-7-3/h34,37H,5-33,35-36H2,1-4H3/q+2. The monoisotopic (exact) mass is 561 g/mol. The van der Waals surface area contributed by atoms with Gasteiger partial charge >= 0.3 is 5.84 Å². The van der Waals surface area contributed by atoms with E-state index in [4.69, 9.17) is 0 Å². The molecule has 0 aromatic rings. The molecule has 0 fully saturated rings. The van der Waals surface area contributed by atoms with E-state index in [2.05, 4.69) is 44.7 Å². The highest BCUT2D eigenvalue weighted by molar-refractivity contribution is 5.72. The molecule has 236 valence electrons. The van der Waals surface area contributed by atoms with Gasteiger partial charge in [-0.25, -0.2) is 4.48 Å². The van der Waals surface area contributed by atoms with Crippen molar-refractivity contribution in [3.05, 3.63) is 12.4 Å². The summed E-state index contributed by atoms with van der Waals surface area (Å²) in [6.45, 7) is 13.3. The summed E-state index contributed by atoms with van der Waals surface area (Å²) in [4.78, 5) is 0. The molecule has 1 heterocycles. The largest absolute Gasteiger partial charge is 0.348 e. The van der Waals surface area contributed by atoms with Gasteiger partial charge in [-0.15, -0.1) is 0 Å². The van der Waals surface area contributed by atoms with Crippen molar-refractivity contribution in [1.29, 1.82) is 0 Å². The lowest BCUT2D eigenvalue weighted by molar-refractivity contribution is -0.801. The zero-order chi connectivity index (χ0) is 29.0. The minimum atomic E-state index is 1.20. The normalized spacial score (nSPS) is 17.0. The molecule has 1 unspecified atom stereocenters. The van der Waals surface area contributed by atoms with Gasteiger partial charge in [0.15, 0.2) is 12.7 Å². The molecule has 1 aliphatic rings. The van der Waals surface area contributed by atoms with Crippen LogP contribution >= 0.6 is 0 Å². The van der Waals surface area contributed by atoms with E-state index in [-0.39, 0.29) is 0 Å². The van der Waals surface area contributed by atoms with Gasteiger partial charge in [0.2, 0.25) is 6.20 Å². The molecule has 0 saturated heterocycles. The second kappa shape index (κ2) is 27.2. The van der Waals surface area contributed by atoms with Gasteiger partial charge in [-0.3, -0.25) is 0 Å². The predicted octanol–water partition coefficient (Wildman–Crippen LogP) is 12.7. The maximum atomic E-state index is 2.75. The molecule has 1 aliphatic heterocycles. The molecule has 1 rings (SSSR count). The van der Waals surface area contributed by atoms with Crippen molar-refractivity contribution in [2.75, 3.05) is 19.6 Å². The van der Waals surface area contributed by atoms with Gasteiger partial charge < -0.3 is 0 Å². The van der Waals surface area contributed by atoms with Gasteiger partial charge in [0.25, 0.3) is 0 Å². The third kappa shape index (κ3) is 18.0. The van der Waals surface area contributed by atoms with Crippen LogP contribution in [0.25, 0.3) is 0 Å². The van der Waals surface area contributed by atoms with E-state index >= 15 is 0 Å². The average Bonchev–Trinajstić information content (AvgIpc) is 3.30. The molecule has 2 nitrogen and oxygen atoms in total. The van der Waals surface area contributed by atoms with Crippen LogP contribution in [0.2, 0.25) is 0 Å².